The quantitative estimate of drug-likeness (QED) is 0.127. The first-order chi connectivity index (χ1) is 20.3. The number of likely N-dealkylation sites (N-methyl/N-ethyl adjacent to an activating group) is 2. The second kappa shape index (κ2) is 11.9. The standard InChI is InChI=1S/C30H29F6N4O2P/c1-39-26(18-8-6-10-21(14-18)29(31,32)33)27(19-9-7-11-22(15-19)30(34,35)36)40(2)43(39)38-25(28(41)42-3)16-20-17-37-24-13-5-4-12-23(20)24/h4-15,17,25-27,37-38H,16H2,1-3H3/t25-,26+,27+/m1/s1. The summed E-state index contributed by atoms with van der Waals surface area (Å²) >= 11 is 0. The van der Waals surface area contributed by atoms with Crippen LogP contribution in [-0.4, -0.2) is 47.5 Å². The normalized spacial score (nSPS) is 19.7. The maximum atomic E-state index is 13.7. The van der Waals surface area contributed by atoms with E-state index in [0.29, 0.717) is 0 Å². The summed E-state index contributed by atoms with van der Waals surface area (Å²) in [5.41, 5.74) is 0.576. The summed E-state index contributed by atoms with van der Waals surface area (Å²) in [7, 11) is 3.01. The van der Waals surface area contributed by atoms with Crippen LogP contribution in [0.2, 0.25) is 0 Å². The molecule has 2 heterocycles. The maximum Gasteiger partial charge on any atom is 0.416 e. The van der Waals surface area contributed by atoms with Crippen LogP contribution in [0.15, 0.2) is 79.0 Å². The third-order valence-corrected chi connectivity index (χ3v) is 9.90. The molecular formula is C30H29F6N4O2P. The number of esters is 1. The van der Waals surface area contributed by atoms with Crippen molar-refractivity contribution in [1.82, 2.24) is 19.4 Å². The second-order valence-corrected chi connectivity index (χ2v) is 12.4. The Morgan fingerprint density at radius 2 is 1.42 bits per heavy atom. The SMILES string of the molecule is COC(=O)[C@@H](Cc1c[nH]c2ccccc12)NP1N(C)[C@@H](c2cccc(C(F)(F)F)c2)[C@H](c2cccc(C(F)(F)F)c2)N1C. The molecular weight excluding hydrogens is 593 g/mol. The van der Waals surface area contributed by atoms with E-state index in [4.69, 9.17) is 4.74 Å². The number of benzene rings is 3. The number of aromatic nitrogens is 1. The minimum absolute atomic E-state index is 0.236. The number of aromatic amines is 1. The number of halogens is 6. The van der Waals surface area contributed by atoms with E-state index in [0.717, 1.165) is 40.7 Å². The first kappa shape index (κ1) is 31.0. The van der Waals surface area contributed by atoms with Gasteiger partial charge in [-0.2, -0.15) is 26.3 Å². The predicted molar refractivity (Wildman–Crippen MR) is 152 cm³/mol. The summed E-state index contributed by atoms with van der Waals surface area (Å²) in [6, 6.07) is 14.8. The highest BCUT2D eigenvalue weighted by Crippen LogP contribution is 2.61. The summed E-state index contributed by atoms with van der Waals surface area (Å²) in [6.45, 7) is 0. The highest BCUT2D eigenvalue weighted by molar-refractivity contribution is 7.50. The van der Waals surface area contributed by atoms with Gasteiger partial charge in [-0.1, -0.05) is 42.5 Å². The van der Waals surface area contributed by atoms with Crippen molar-refractivity contribution >= 4 is 25.2 Å². The average Bonchev–Trinajstić information content (AvgIpc) is 3.49. The van der Waals surface area contributed by atoms with Gasteiger partial charge in [0.15, 0.2) is 0 Å². The van der Waals surface area contributed by atoms with Gasteiger partial charge < -0.3 is 9.72 Å². The molecule has 0 aliphatic carbocycles. The molecule has 0 saturated carbocycles. The van der Waals surface area contributed by atoms with Crippen molar-refractivity contribution < 1.29 is 35.9 Å². The Morgan fingerprint density at radius 3 is 1.93 bits per heavy atom. The molecule has 3 aromatic carbocycles. The Morgan fingerprint density at radius 1 is 0.884 bits per heavy atom. The molecule has 43 heavy (non-hydrogen) atoms. The molecule has 3 atom stereocenters. The Hall–Kier alpha value is -3.44. The molecule has 1 fully saturated rings. The number of H-pyrrole nitrogens is 1. The molecule has 1 aromatic heterocycles. The Kier molecular flexibility index (Phi) is 8.59. The molecule has 13 heteroatoms. The van der Waals surface area contributed by atoms with Crippen molar-refractivity contribution in [2.24, 2.45) is 0 Å². The van der Waals surface area contributed by atoms with Gasteiger partial charge in [0, 0.05) is 23.5 Å². The van der Waals surface area contributed by atoms with Crippen LogP contribution < -0.4 is 5.09 Å². The van der Waals surface area contributed by atoms with Crippen LogP contribution in [0.3, 0.4) is 0 Å². The van der Waals surface area contributed by atoms with Gasteiger partial charge in [0.1, 0.15) is 14.4 Å². The summed E-state index contributed by atoms with van der Waals surface area (Å²) in [6.07, 6.45) is -7.18. The fourth-order valence-corrected chi connectivity index (χ4v) is 7.90. The van der Waals surface area contributed by atoms with Gasteiger partial charge in [-0.3, -0.25) is 19.2 Å². The number of nitrogens with one attached hydrogen (secondary N) is 2. The van der Waals surface area contributed by atoms with E-state index in [1.807, 2.05) is 24.3 Å². The van der Waals surface area contributed by atoms with Gasteiger partial charge in [-0.05, 0) is 61.1 Å². The highest BCUT2D eigenvalue weighted by Gasteiger charge is 2.48. The number of alkyl halides is 6. The molecule has 0 spiro atoms. The zero-order valence-corrected chi connectivity index (χ0v) is 24.3. The number of fused-ring (bicyclic) bond motifs is 1. The Balaban J connectivity index is 1.55. The third-order valence-electron chi connectivity index (χ3n) is 7.67. The van der Waals surface area contributed by atoms with Crippen LogP contribution in [0, 0.1) is 0 Å². The minimum atomic E-state index is -4.61. The van der Waals surface area contributed by atoms with Gasteiger partial charge in [0.05, 0.1) is 30.3 Å². The van der Waals surface area contributed by atoms with Gasteiger partial charge in [0.25, 0.3) is 0 Å². The number of methoxy groups -OCH3 is 1. The number of nitrogens with zero attached hydrogens (tertiary/aromatic N) is 2. The molecule has 6 nitrogen and oxygen atoms in total. The molecule has 0 unspecified atom stereocenters. The van der Waals surface area contributed by atoms with Crippen LogP contribution in [-0.2, 0) is 28.3 Å². The molecule has 0 amide bonds. The second-order valence-electron chi connectivity index (χ2n) is 10.3. The van der Waals surface area contributed by atoms with Crippen LogP contribution in [0.1, 0.15) is 39.9 Å². The molecule has 5 rings (SSSR count). The highest BCUT2D eigenvalue weighted by atomic mass is 31.1. The van der Waals surface area contributed by atoms with Crippen molar-refractivity contribution in [3.63, 3.8) is 0 Å². The van der Waals surface area contributed by atoms with E-state index in [-0.39, 0.29) is 17.5 Å². The average molecular weight is 623 g/mol. The molecule has 228 valence electrons. The number of hydrogen-bond acceptors (Lipinski definition) is 5. The van der Waals surface area contributed by atoms with Crippen molar-refractivity contribution in [3.8, 4) is 0 Å². The topological polar surface area (TPSA) is 60.6 Å². The van der Waals surface area contributed by atoms with E-state index >= 15 is 0 Å². The summed E-state index contributed by atoms with van der Waals surface area (Å²) in [5.74, 6) is -0.548. The van der Waals surface area contributed by atoms with Gasteiger partial charge >= 0.3 is 18.3 Å². The zero-order chi connectivity index (χ0) is 31.1. The van der Waals surface area contributed by atoms with Crippen LogP contribution in [0.25, 0.3) is 10.9 Å². The lowest BCUT2D eigenvalue weighted by Gasteiger charge is -2.30. The predicted octanol–water partition coefficient (Wildman–Crippen LogP) is 7.47. The number of hydrogen-bond donors (Lipinski definition) is 2. The van der Waals surface area contributed by atoms with Crippen molar-refractivity contribution in [2.75, 3.05) is 21.2 Å². The molecule has 1 saturated heterocycles. The van der Waals surface area contributed by atoms with Crippen LogP contribution in [0.4, 0.5) is 26.3 Å². The van der Waals surface area contributed by atoms with Crippen LogP contribution >= 0.6 is 8.37 Å². The van der Waals surface area contributed by atoms with Gasteiger partial charge in [-0.15, -0.1) is 0 Å². The van der Waals surface area contributed by atoms with Crippen molar-refractivity contribution in [3.05, 3.63) is 107 Å². The lowest BCUT2D eigenvalue weighted by Crippen LogP contribution is -2.39. The van der Waals surface area contributed by atoms with Crippen LogP contribution in [0.5, 0.6) is 0 Å². The van der Waals surface area contributed by atoms with Gasteiger partial charge in [-0.25, -0.2) is 0 Å². The number of carbonyl (C=O) groups is 1. The molecule has 0 bridgehead atoms. The fraction of sp³-hybridized carbons (Fsp3) is 0.300. The van der Waals surface area contributed by atoms with E-state index in [1.54, 1.807) is 29.6 Å². The smallest absolute Gasteiger partial charge is 0.416 e. The maximum absolute atomic E-state index is 13.7. The molecule has 1 aliphatic rings. The Labute approximate surface area is 245 Å². The summed E-state index contributed by atoms with van der Waals surface area (Å²) in [4.78, 5) is 16.2. The molecule has 1 aliphatic heterocycles. The zero-order valence-electron chi connectivity index (χ0n) is 23.4. The van der Waals surface area contributed by atoms with Crippen molar-refractivity contribution in [2.45, 2.75) is 36.9 Å². The minimum Gasteiger partial charge on any atom is -0.468 e. The molecule has 0 radical (unpaired) electrons. The van der Waals surface area contributed by atoms with Crippen molar-refractivity contribution in [1.29, 1.82) is 0 Å². The van der Waals surface area contributed by atoms with E-state index in [2.05, 4.69) is 10.1 Å². The van der Waals surface area contributed by atoms with E-state index < -0.39 is 55.9 Å². The number of rotatable bonds is 7. The lowest BCUT2D eigenvalue weighted by atomic mass is 9.91. The monoisotopic (exact) mass is 622 g/mol. The first-order valence-electron chi connectivity index (χ1n) is 13.3. The largest absolute Gasteiger partial charge is 0.468 e. The van der Waals surface area contributed by atoms with E-state index in [9.17, 15) is 31.1 Å². The van der Waals surface area contributed by atoms with E-state index in [1.165, 1.54) is 31.4 Å². The molecule has 2 N–H and O–H groups in total. The number of carbonyl (C=O) groups excluding carboxylic acids is 1. The number of ether oxygens (including phenoxy) is 1. The number of para-hydroxylation sites is 1. The molecule has 4 aromatic rings. The lowest BCUT2D eigenvalue weighted by molar-refractivity contribution is -0.142. The Bertz CT molecular complexity index is 1540. The third kappa shape index (κ3) is 6.28. The van der Waals surface area contributed by atoms with Gasteiger partial charge in [0.2, 0.25) is 0 Å². The summed E-state index contributed by atoms with van der Waals surface area (Å²) < 4.78 is 90.8. The summed E-state index contributed by atoms with van der Waals surface area (Å²) in [5, 5.41) is 4.26. The first-order valence-corrected chi connectivity index (χ1v) is 14.5. The fourth-order valence-electron chi connectivity index (χ4n) is 5.63.